The third-order valence-electron chi connectivity index (χ3n) is 3.77. The van der Waals surface area contributed by atoms with Crippen molar-refractivity contribution in [3.63, 3.8) is 0 Å². The fourth-order valence-electron chi connectivity index (χ4n) is 2.45. The Morgan fingerprint density at radius 3 is 2.76 bits per heavy atom. The predicted molar refractivity (Wildman–Crippen MR) is 75.3 cm³/mol. The Hall–Kier alpha value is -1.95. The number of halogens is 1. The minimum Gasteiger partial charge on any atom is -0.497 e. The topological polar surface area (TPSA) is 58.6 Å². The van der Waals surface area contributed by atoms with Crippen molar-refractivity contribution in [2.75, 3.05) is 14.2 Å². The Labute approximate surface area is 123 Å². The van der Waals surface area contributed by atoms with E-state index in [1.54, 1.807) is 19.1 Å². The fourth-order valence-corrected chi connectivity index (χ4v) is 2.45. The number of methoxy groups -OCH3 is 1. The summed E-state index contributed by atoms with van der Waals surface area (Å²) in [5.74, 6) is -0.391. The van der Waals surface area contributed by atoms with Gasteiger partial charge in [0.1, 0.15) is 11.6 Å². The molecule has 0 radical (unpaired) electrons. The Morgan fingerprint density at radius 2 is 2.14 bits per heavy atom. The van der Waals surface area contributed by atoms with Crippen LogP contribution in [0.3, 0.4) is 0 Å². The number of nitrogens with zero attached hydrogens (tertiary/aromatic N) is 1. The van der Waals surface area contributed by atoms with Crippen LogP contribution < -0.4 is 10.1 Å². The largest absolute Gasteiger partial charge is 0.497 e. The Bertz CT molecular complexity index is 562. The molecule has 114 valence electrons. The third-order valence-corrected chi connectivity index (χ3v) is 3.77. The van der Waals surface area contributed by atoms with E-state index in [0.717, 1.165) is 4.90 Å². The van der Waals surface area contributed by atoms with Gasteiger partial charge < -0.3 is 4.74 Å². The second-order valence-electron chi connectivity index (χ2n) is 5.16. The molecule has 6 heteroatoms. The van der Waals surface area contributed by atoms with Crippen LogP contribution in [0.4, 0.5) is 4.39 Å². The molecule has 0 aliphatic carbocycles. The zero-order valence-corrected chi connectivity index (χ0v) is 12.4. The van der Waals surface area contributed by atoms with Crippen LogP contribution in [-0.4, -0.2) is 36.9 Å². The van der Waals surface area contributed by atoms with Crippen LogP contribution in [0, 0.1) is 5.82 Å². The number of ether oxygens (including phenoxy) is 1. The number of nitrogens with one attached hydrogen (secondary N) is 1. The maximum atomic E-state index is 14.0. The maximum absolute atomic E-state index is 14.0. The van der Waals surface area contributed by atoms with Gasteiger partial charge in [0.15, 0.2) is 0 Å². The highest BCUT2D eigenvalue weighted by molar-refractivity contribution is 6.00. The smallest absolute Gasteiger partial charge is 0.246 e. The number of amides is 2. The van der Waals surface area contributed by atoms with Gasteiger partial charge in [-0.3, -0.25) is 19.8 Å². The predicted octanol–water partition coefficient (Wildman–Crippen LogP) is 1.63. The van der Waals surface area contributed by atoms with E-state index in [0.29, 0.717) is 24.2 Å². The molecule has 0 bridgehead atoms. The van der Waals surface area contributed by atoms with E-state index >= 15 is 0 Å². The number of benzene rings is 1. The highest BCUT2D eigenvalue weighted by Crippen LogP contribution is 2.23. The van der Waals surface area contributed by atoms with E-state index in [1.807, 2.05) is 0 Å². The van der Waals surface area contributed by atoms with Crippen molar-refractivity contribution in [1.29, 1.82) is 0 Å². The van der Waals surface area contributed by atoms with Gasteiger partial charge >= 0.3 is 0 Å². The van der Waals surface area contributed by atoms with Crippen LogP contribution in [0.2, 0.25) is 0 Å². The second-order valence-corrected chi connectivity index (χ2v) is 5.16. The van der Waals surface area contributed by atoms with Crippen molar-refractivity contribution in [3.8, 4) is 5.75 Å². The van der Waals surface area contributed by atoms with E-state index in [9.17, 15) is 14.0 Å². The van der Waals surface area contributed by atoms with Crippen LogP contribution in [0.1, 0.15) is 31.4 Å². The van der Waals surface area contributed by atoms with Gasteiger partial charge in [-0.25, -0.2) is 4.39 Å². The van der Waals surface area contributed by atoms with Crippen molar-refractivity contribution in [2.45, 2.75) is 31.8 Å². The highest BCUT2D eigenvalue weighted by atomic mass is 19.1. The summed E-state index contributed by atoms with van der Waals surface area (Å²) in [4.78, 5) is 24.6. The van der Waals surface area contributed by atoms with Gasteiger partial charge in [-0.2, -0.15) is 0 Å². The first-order chi connectivity index (χ1) is 9.93. The number of carbonyl (C=O) groups is 2. The second kappa shape index (κ2) is 6.22. The molecule has 2 rings (SSSR count). The number of likely N-dealkylation sites (N-methyl/N-ethyl adjacent to an activating group) is 1. The number of hydrogen-bond donors (Lipinski definition) is 1. The Kier molecular flexibility index (Phi) is 4.57. The zero-order valence-electron chi connectivity index (χ0n) is 12.4. The van der Waals surface area contributed by atoms with Crippen molar-refractivity contribution >= 4 is 11.8 Å². The summed E-state index contributed by atoms with van der Waals surface area (Å²) in [5, 5.41) is 3.09. The lowest BCUT2D eigenvalue weighted by Crippen LogP contribution is -2.51. The minimum atomic E-state index is -0.468. The van der Waals surface area contributed by atoms with Crippen molar-refractivity contribution < 1.29 is 18.7 Å². The summed E-state index contributed by atoms with van der Waals surface area (Å²) >= 11 is 0. The summed E-state index contributed by atoms with van der Waals surface area (Å²) in [6.45, 7) is 1.79. The number of carbonyl (C=O) groups excluding carboxylic acids is 2. The molecular weight excluding hydrogens is 275 g/mol. The van der Waals surface area contributed by atoms with Crippen LogP contribution in [0.5, 0.6) is 5.75 Å². The quantitative estimate of drug-likeness (QED) is 0.858. The van der Waals surface area contributed by atoms with E-state index in [2.05, 4.69) is 5.32 Å². The summed E-state index contributed by atoms with van der Waals surface area (Å²) < 4.78 is 19.0. The van der Waals surface area contributed by atoms with Gasteiger partial charge in [-0.15, -0.1) is 0 Å². The van der Waals surface area contributed by atoms with Gasteiger partial charge in [0, 0.05) is 31.1 Å². The van der Waals surface area contributed by atoms with Gasteiger partial charge in [0.05, 0.1) is 13.2 Å². The first-order valence-corrected chi connectivity index (χ1v) is 6.84. The van der Waals surface area contributed by atoms with Gasteiger partial charge in [-0.05, 0) is 19.4 Å². The lowest BCUT2D eigenvalue weighted by atomic mass is 10.0. The Balaban J connectivity index is 2.09. The molecule has 2 unspecified atom stereocenters. The molecule has 0 aromatic heterocycles. The number of rotatable bonds is 4. The third kappa shape index (κ3) is 3.21. The molecule has 2 amide bonds. The molecule has 1 fully saturated rings. The summed E-state index contributed by atoms with van der Waals surface area (Å²) in [6.07, 6.45) is 0.752. The molecule has 5 nitrogen and oxygen atoms in total. The number of hydrogen-bond acceptors (Lipinski definition) is 4. The van der Waals surface area contributed by atoms with E-state index in [1.165, 1.54) is 20.2 Å². The minimum absolute atomic E-state index is 0.179. The molecule has 1 aromatic carbocycles. The van der Waals surface area contributed by atoms with Crippen LogP contribution >= 0.6 is 0 Å². The molecule has 1 N–H and O–H groups in total. The van der Waals surface area contributed by atoms with E-state index < -0.39 is 6.04 Å². The standard InChI is InChI=1S/C15H19FN2O3/c1-9(11-5-4-10(21-3)8-12(11)16)17-13-6-7-14(19)18(2)15(13)20/h4-5,8-9,13,17H,6-7H2,1-3H3. The van der Waals surface area contributed by atoms with Gasteiger partial charge in [0.25, 0.3) is 0 Å². The molecule has 1 heterocycles. The fraction of sp³-hybridized carbons (Fsp3) is 0.467. The van der Waals surface area contributed by atoms with Crippen molar-refractivity contribution in [1.82, 2.24) is 10.2 Å². The monoisotopic (exact) mass is 294 g/mol. The van der Waals surface area contributed by atoms with Crippen LogP contribution in [-0.2, 0) is 9.59 Å². The van der Waals surface area contributed by atoms with E-state index in [4.69, 9.17) is 4.74 Å². The van der Waals surface area contributed by atoms with Crippen LogP contribution in [0.15, 0.2) is 18.2 Å². The molecule has 1 aliphatic heterocycles. The zero-order chi connectivity index (χ0) is 15.6. The van der Waals surface area contributed by atoms with Crippen molar-refractivity contribution in [2.24, 2.45) is 0 Å². The lowest BCUT2D eigenvalue weighted by Gasteiger charge is -2.30. The SMILES string of the molecule is COc1ccc(C(C)NC2CCC(=O)N(C)C2=O)c(F)c1. The lowest BCUT2D eigenvalue weighted by molar-refractivity contribution is -0.148. The first-order valence-electron chi connectivity index (χ1n) is 6.84. The van der Waals surface area contributed by atoms with E-state index in [-0.39, 0.29) is 23.7 Å². The number of piperidine rings is 1. The average molecular weight is 294 g/mol. The average Bonchev–Trinajstić information content (AvgIpc) is 2.47. The summed E-state index contributed by atoms with van der Waals surface area (Å²) in [7, 11) is 2.95. The molecular formula is C15H19FN2O3. The number of likely N-dealkylation sites (tertiary alicyclic amines) is 1. The van der Waals surface area contributed by atoms with Gasteiger partial charge in [-0.1, -0.05) is 6.07 Å². The first kappa shape index (κ1) is 15.4. The molecule has 1 aromatic rings. The summed E-state index contributed by atoms with van der Waals surface area (Å²) in [6, 6.07) is 3.81. The highest BCUT2D eigenvalue weighted by Gasteiger charge is 2.32. The number of imide groups is 1. The Morgan fingerprint density at radius 1 is 1.43 bits per heavy atom. The molecule has 2 atom stereocenters. The molecule has 21 heavy (non-hydrogen) atoms. The van der Waals surface area contributed by atoms with Crippen molar-refractivity contribution in [3.05, 3.63) is 29.6 Å². The molecule has 0 saturated carbocycles. The molecule has 1 saturated heterocycles. The van der Waals surface area contributed by atoms with Crippen LogP contribution in [0.25, 0.3) is 0 Å². The van der Waals surface area contributed by atoms with Gasteiger partial charge in [0.2, 0.25) is 11.8 Å². The maximum Gasteiger partial charge on any atom is 0.246 e. The normalized spacial score (nSPS) is 20.6. The summed E-state index contributed by atoms with van der Waals surface area (Å²) in [5.41, 5.74) is 0.461. The molecule has 1 aliphatic rings. The molecule has 0 spiro atoms.